The van der Waals surface area contributed by atoms with Crippen molar-refractivity contribution in [2.45, 2.75) is 6.92 Å². The molecule has 1 aromatic rings. The van der Waals surface area contributed by atoms with Crippen molar-refractivity contribution in [1.82, 2.24) is 9.78 Å². The van der Waals surface area contributed by atoms with Crippen LogP contribution in [0.5, 0.6) is 0 Å². The second kappa shape index (κ2) is 2.17. The Morgan fingerprint density at radius 2 is 2.22 bits per heavy atom. The minimum atomic E-state index is 0.627. The molecule has 2 N–H and O–H groups in total. The highest BCUT2D eigenvalue weighted by Crippen LogP contribution is 2.14. The molecule has 0 saturated heterocycles. The van der Waals surface area contributed by atoms with E-state index < -0.39 is 0 Å². The fourth-order valence-corrected chi connectivity index (χ4v) is 1.01. The number of hydrogen-bond donors (Lipinski definition) is 1. The molecule has 4 heteroatoms. The standard InChI is InChI=1S/C5H8IN3/c1-3-4(6)9(2)8-5(3)7/h1-2H3,(H2,7,8). The molecular weight excluding hydrogens is 229 g/mol. The molecule has 0 unspecified atom stereocenters. The quantitative estimate of drug-likeness (QED) is 0.681. The van der Waals surface area contributed by atoms with Gasteiger partial charge in [-0.3, -0.25) is 4.68 Å². The van der Waals surface area contributed by atoms with Crippen molar-refractivity contribution in [3.8, 4) is 0 Å². The number of hydrogen-bond acceptors (Lipinski definition) is 2. The summed E-state index contributed by atoms with van der Waals surface area (Å²) in [4.78, 5) is 0. The maximum Gasteiger partial charge on any atom is 0.149 e. The van der Waals surface area contributed by atoms with E-state index in [1.165, 1.54) is 0 Å². The van der Waals surface area contributed by atoms with Gasteiger partial charge >= 0.3 is 0 Å². The molecule has 9 heavy (non-hydrogen) atoms. The lowest BCUT2D eigenvalue weighted by molar-refractivity contribution is 0.750. The van der Waals surface area contributed by atoms with Crippen molar-refractivity contribution in [3.63, 3.8) is 0 Å². The van der Waals surface area contributed by atoms with Gasteiger partial charge in [0.05, 0.1) is 0 Å². The highest BCUT2D eigenvalue weighted by Gasteiger charge is 2.04. The Hall–Kier alpha value is -0.260. The number of rotatable bonds is 0. The van der Waals surface area contributed by atoms with Crippen LogP contribution in [-0.2, 0) is 7.05 Å². The van der Waals surface area contributed by atoms with Gasteiger partial charge in [0.25, 0.3) is 0 Å². The molecule has 0 fully saturated rings. The Labute approximate surface area is 67.4 Å². The number of halogens is 1. The van der Waals surface area contributed by atoms with Gasteiger partial charge in [0.1, 0.15) is 9.52 Å². The molecule has 50 valence electrons. The molecule has 0 atom stereocenters. The van der Waals surface area contributed by atoms with Crippen LogP contribution in [0.25, 0.3) is 0 Å². The van der Waals surface area contributed by atoms with Crippen molar-refractivity contribution in [3.05, 3.63) is 9.26 Å². The lowest BCUT2D eigenvalue weighted by Crippen LogP contribution is -1.93. The summed E-state index contributed by atoms with van der Waals surface area (Å²) in [7, 11) is 1.88. The smallest absolute Gasteiger partial charge is 0.149 e. The lowest BCUT2D eigenvalue weighted by Gasteiger charge is -1.88. The molecule has 0 radical (unpaired) electrons. The van der Waals surface area contributed by atoms with Crippen molar-refractivity contribution >= 4 is 28.4 Å². The zero-order valence-corrected chi connectivity index (χ0v) is 7.51. The predicted octanol–water partition coefficient (Wildman–Crippen LogP) is 0.915. The summed E-state index contributed by atoms with van der Waals surface area (Å²) >= 11 is 2.21. The molecule has 3 nitrogen and oxygen atoms in total. The number of aryl methyl sites for hydroxylation is 1. The monoisotopic (exact) mass is 237 g/mol. The Morgan fingerprint density at radius 3 is 2.33 bits per heavy atom. The average Bonchev–Trinajstić information content (AvgIpc) is 1.98. The minimum absolute atomic E-state index is 0.627. The molecular formula is C5H8IN3. The average molecular weight is 237 g/mol. The van der Waals surface area contributed by atoms with E-state index in [0.717, 1.165) is 9.26 Å². The van der Waals surface area contributed by atoms with Crippen LogP contribution in [0.4, 0.5) is 5.82 Å². The maximum atomic E-state index is 5.50. The van der Waals surface area contributed by atoms with Gasteiger partial charge in [-0.05, 0) is 29.5 Å². The summed E-state index contributed by atoms with van der Waals surface area (Å²) in [5.74, 6) is 0.627. The zero-order chi connectivity index (χ0) is 7.02. The van der Waals surface area contributed by atoms with Crippen molar-refractivity contribution < 1.29 is 0 Å². The van der Waals surface area contributed by atoms with Gasteiger partial charge < -0.3 is 5.73 Å². The second-order valence-electron chi connectivity index (χ2n) is 1.92. The van der Waals surface area contributed by atoms with E-state index in [2.05, 4.69) is 27.7 Å². The number of nitrogen functional groups attached to an aromatic ring is 1. The van der Waals surface area contributed by atoms with Crippen LogP contribution in [0.1, 0.15) is 5.56 Å². The minimum Gasteiger partial charge on any atom is -0.382 e. The van der Waals surface area contributed by atoms with E-state index in [9.17, 15) is 0 Å². The fraction of sp³-hybridized carbons (Fsp3) is 0.400. The van der Waals surface area contributed by atoms with Crippen LogP contribution in [0, 0.1) is 10.6 Å². The Balaban J connectivity index is 3.29. The van der Waals surface area contributed by atoms with Crippen LogP contribution >= 0.6 is 22.6 Å². The van der Waals surface area contributed by atoms with Crippen LogP contribution in [0.2, 0.25) is 0 Å². The molecule has 1 rings (SSSR count). The normalized spacial score (nSPS) is 10.1. The molecule has 0 aliphatic heterocycles. The van der Waals surface area contributed by atoms with Crippen LogP contribution in [-0.4, -0.2) is 9.78 Å². The first kappa shape index (κ1) is 6.85. The predicted molar refractivity (Wildman–Crippen MR) is 45.1 cm³/mol. The SMILES string of the molecule is Cc1c(N)nn(C)c1I. The van der Waals surface area contributed by atoms with Crippen LogP contribution in [0.15, 0.2) is 0 Å². The van der Waals surface area contributed by atoms with Crippen LogP contribution < -0.4 is 5.73 Å². The third-order valence-electron chi connectivity index (χ3n) is 1.24. The van der Waals surface area contributed by atoms with Crippen molar-refractivity contribution in [1.29, 1.82) is 0 Å². The lowest BCUT2D eigenvalue weighted by atomic mass is 10.4. The summed E-state index contributed by atoms with van der Waals surface area (Å²) in [5.41, 5.74) is 6.57. The van der Waals surface area contributed by atoms with E-state index in [1.807, 2.05) is 14.0 Å². The van der Waals surface area contributed by atoms with Gasteiger partial charge in [-0.2, -0.15) is 5.10 Å². The summed E-state index contributed by atoms with van der Waals surface area (Å²) in [5, 5.41) is 4.00. The van der Waals surface area contributed by atoms with E-state index in [4.69, 9.17) is 5.73 Å². The van der Waals surface area contributed by atoms with Crippen LogP contribution in [0.3, 0.4) is 0 Å². The highest BCUT2D eigenvalue weighted by atomic mass is 127. The van der Waals surface area contributed by atoms with Gasteiger partial charge in [0.2, 0.25) is 0 Å². The number of nitrogens with zero attached hydrogens (tertiary/aromatic N) is 2. The molecule has 0 aliphatic carbocycles. The Morgan fingerprint density at radius 1 is 1.67 bits per heavy atom. The molecule has 0 bridgehead atoms. The van der Waals surface area contributed by atoms with Gasteiger partial charge in [0, 0.05) is 12.6 Å². The maximum absolute atomic E-state index is 5.50. The molecule has 1 aromatic heterocycles. The fourth-order valence-electron chi connectivity index (χ4n) is 0.629. The molecule has 1 heterocycles. The summed E-state index contributed by atoms with van der Waals surface area (Å²) in [6, 6.07) is 0. The highest BCUT2D eigenvalue weighted by molar-refractivity contribution is 14.1. The first-order valence-electron chi connectivity index (χ1n) is 2.57. The summed E-state index contributed by atoms with van der Waals surface area (Å²) in [6.45, 7) is 1.96. The Kier molecular flexibility index (Phi) is 1.65. The third kappa shape index (κ3) is 1.03. The van der Waals surface area contributed by atoms with E-state index >= 15 is 0 Å². The van der Waals surface area contributed by atoms with E-state index in [0.29, 0.717) is 5.82 Å². The van der Waals surface area contributed by atoms with Crippen molar-refractivity contribution in [2.75, 3.05) is 5.73 Å². The Bertz CT molecular complexity index is 206. The number of aromatic nitrogens is 2. The third-order valence-corrected chi connectivity index (χ3v) is 2.74. The zero-order valence-electron chi connectivity index (χ0n) is 5.35. The topological polar surface area (TPSA) is 43.8 Å². The number of nitrogens with two attached hydrogens (primary N) is 1. The molecule has 0 spiro atoms. The molecule has 0 aliphatic rings. The molecule has 0 aromatic carbocycles. The summed E-state index contributed by atoms with van der Waals surface area (Å²) < 4.78 is 2.87. The van der Waals surface area contributed by atoms with Gasteiger partial charge in [-0.1, -0.05) is 0 Å². The van der Waals surface area contributed by atoms with E-state index in [1.54, 1.807) is 4.68 Å². The van der Waals surface area contributed by atoms with E-state index in [-0.39, 0.29) is 0 Å². The molecule has 0 saturated carbocycles. The number of anilines is 1. The van der Waals surface area contributed by atoms with Crippen molar-refractivity contribution in [2.24, 2.45) is 7.05 Å². The van der Waals surface area contributed by atoms with Gasteiger partial charge in [0.15, 0.2) is 0 Å². The largest absolute Gasteiger partial charge is 0.382 e. The van der Waals surface area contributed by atoms with Gasteiger partial charge in [-0.15, -0.1) is 0 Å². The summed E-state index contributed by atoms with van der Waals surface area (Å²) in [6.07, 6.45) is 0. The first-order chi connectivity index (χ1) is 4.13. The second-order valence-corrected chi connectivity index (χ2v) is 2.95. The molecule has 0 amide bonds. The van der Waals surface area contributed by atoms with Gasteiger partial charge in [-0.25, -0.2) is 0 Å². The first-order valence-corrected chi connectivity index (χ1v) is 3.65.